The molecule has 1 atom stereocenters. The van der Waals surface area contributed by atoms with Crippen molar-refractivity contribution in [2.45, 2.75) is 24.0 Å². The largest absolute Gasteiger partial charge is 0.324 e. The number of hydrogen-bond donors (Lipinski definition) is 3. The number of carbonyl (C=O) groups is 3. The minimum Gasteiger partial charge on any atom is -0.324 e. The number of carbonyl (C=O) groups excluding carboxylic acids is 3. The maximum absolute atomic E-state index is 13.7. The van der Waals surface area contributed by atoms with Crippen LogP contribution in [0, 0.1) is 13.8 Å². The van der Waals surface area contributed by atoms with Crippen molar-refractivity contribution in [3.8, 4) is 0 Å². The predicted octanol–water partition coefficient (Wildman–Crippen LogP) is 8.95. The van der Waals surface area contributed by atoms with Crippen molar-refractivity contribution in [2.75, 3.05) is 10.6 Å². The molecule has 0 bridgehead atoms. The number of amides is 3. The zero-order valence-electron chi connectivity index (χ0n) is 25.3. The number of para-hydroxylation sites is 1. The topological polar surface area (TPSA) is 87.3 Å². The summed E-state index contributed by atoms with van der Waals surface area (Å²) in [6.45, 7) is 3.95. The van der Waals surface area contributed by atoms with Crippen molar-refractivity contribution in [1.82, 2.24) is 5.32 Å². The summed E-state index contributed by atoms with van der Waals surface area (Å²) in [4.78, 5) is 41.2. The molecule has 5 rings (SSSR count). The van der Waals surface area contributed by atoms with E-state index in [1.54, 1.807) is 36.4 Å². The van der Waals surface area contributed by atoms with Crippen LogP contribution in [-0.4, -0.2) is 17.7 Å². The number of aryl methyl sites for hydroxylation is 2. The molecule has 0 radical (unpaired) electrons. The molecule has 6 nitrogen and oxygen atoms in total. The van der Waals surface area contributed by atoms with Crippen molar-refractivity contribution in [1.29, 1.82) is 0 Å². The van der Waals surface area contributed by atoms with E-state index in [0.717, 1.165) is 37.3 Å². The molecule has 3 amide bonds. The van der Waals surface area contributed by atoms with E-state index in [1.165, 1.54) is 11.8 Å². The Morgan fingerprint density at radius 1 is 0.717 bits per heavy atom. The van der Waals surface area contributed by atoms with E-state index in [0.29, 0.717) is 11.3 Å². The Morgan fingerprint density at radius 3 is 2.07 bits per heavy atom. The van der Waals surface area contributed by atoms with Gasteiger partial charge < -0.3 is 16.0 Å². The van der Waals surface area contributed by atoms with E-state index in [4.69, 9.17) is 0 Å². The van der Waals surface area contributed by atoms with Gasteiger partial charge in [-0.1, -0.05) is 101 Å². The van der Waals surface area contributed by atoms with Gasteiger partial charge in [-0.05, 0) is 84.6 Å². The predicted molar refractivity (Wildman–Crippen MR) is 191 cm³/mol. The van der Waals surface area contributed by atoms with Crippen LogP contribution in [0.15, 0.2) is 142 Å². The van der Waals surface area contributed by atoms with Crippen molar-refractivity contribution in [2.24, 2.45) is 0 Å². The third-order valence-electron chi connectivity index (χ3n) is 7.10. The molecule has 8 heteroatoms. The van der Waals surface area contributed by atoms with Crippen LogP contribution in [0.25, 0.3) is 6.08 Å². The van der Waals surface area contributed by atoms with Crippen LogP contribution >= 0.6 is 27.7 Å². The molecule has 0 saturated heterocycles. The molecule has 0 aromatic heterocycles. The van der Waals surface area contributed by atoms with Crippen molar-refractivity contribution in [3.05, 3.63) is 165 Å². The van der Waals surface area contributed by atoms with E-state index in [9.17, 15) is 14.4 Å². The van der Waals surface area contributed by atoms with Crippen LogP contribution in [0.2, 0.25) is 0 Å². The maximum Gasteiger partial charge on any atom is 0.272 e. The lowest BCUT2D eigenvalue weighted by molar-refractivity contribution is -0.116. The zero-order chi connectivity index (χ0) is 32.5. The molecular weight excluding hydrogens is 658 g/mol. The van der Waals surface area contributed by atoms with Gasteiger partial charge in [-0.25, -0.2) is 0 Å². The average Bonchev–Trinajstić information content (AvgIpc) is 3.06. The molecule has 0 fully saturated rings. The fourth-order valence-electron chi connectivity index (χ4n) is 4.79. The summed E-state index contributed by atoms with van der Waals surface area (Å²) < 4.78 is 0.842. The van der Waals surface area contributed by atoms with E-state index >= 15 is 0 Å². The summed E-state index contributed by atoms with van der Waals surface area (Å²) in [6, 6.07) is 39.0. The van der Waals surface area contributed by atoms with Gasteiger partial charge in [0.1, 0.15) is 10.9 Å². The Bertz CT molecular complexity index is 1870. The zero-order valence-corrected chi connectivity index (χ0v) is 27.7. The summed E-state index contributed by atoms with van der Waals surface area (Å²) in [6.07, 6.45) is 1.63. The van der Waals surface area contributed by atoms with Gasteiger partial charge in [0.15, 0.2) is 0 Å². The van der Waals surface area contributed by atoms with Gasteiger partial charge in [0.05, 0.1) is 0 Å². The SMILES string of the molecule is Cc1cccc(C)c1NC(=O)C(Sc1cccc(NC(=O)/C(=C\c2cccc(Br)c2)NC(=O)c2ccccc2)c1)c1ccccc1. The smallest absolute Gasteiger partial charge is 0.272 e. The molecule has 3 N–H and O–H groups in total. The first-order chi connectivity index (χ1) is 22.3. The number of anilines is 2. The lowest BCUT2D eigenvalue weighted by atomic mass is 10.1. The average molecular weight is 691 g/mol. The lowest BCUT2D eigenvalue weighted by Gasteiger charge is -2.19. The van der Waals surface area contributed by atoms with Crippen LogP contribution in [-0.2, 0) is 9.59 Å². The molecule has 5 aromatic carbocycles. The summed E-state index contributed by atoms with van der Waals surface area (Å²) in [5.74, 6) is -1.04. The minimum absolute atomic E-state index is 0.0835. The summed E-state index contributed by atoms with van der Waals surface area (Å²) >= 11 is 4.85. The number of rotatable bonds is 10. The monoisotopic (exact) mass is 689 g/mol. The second-order valence-electron chi connectivity index (χ2n) is 10.6. The fourth-order valence-corrected chi connectivity index (χ4v) is 6.29. The highest BCUT2D eigenvalue weighted by Crippen LogP contribution is 2.37. The Labute approximate surface area is 281 Å². The fraction of sp³-hybridized carbons (Fsp3) is 0.0789. The minimum atomic E-state index is -0.552. The van der Waals surface area contributed by atoms with E-state index in [1.807, 2.05) is 111 Å². The third-order valence-corrected chi connectivity index (χ3v) is 8.85. The van der Waals surface area contributed by atoms with Crippen LogP contribution in [0.5, 0.6) is 0 Å². The highest BCUT2D eigenvalue weighted by Gasteiger charge is 2.24. The van der Waals surface area contributed by atoms with Crippen LogP contribution in [0.3, 0.4) is 0 Å². The molecular formula is C38H32BrN3O3S. The number of thioether (sulfide) groups is 1. The van der Waals surface area contributed by atoms with Crippen molar-refractivity contribution < 1.29 is 14.4 Å². The van der Waals surface area contributed by atoms with E-state index in [-0.39, 0.29) is 11.6 Å². The van der Waals surface area contributed by atoms with Crippen LogP contribution < -0.4 is 16.0 Å². The van der Waals surface area contributed by atoms with Gasteiger partial charge >= 0.3 is 0 Å². The molecule has 5 aromatic rings. The molecule has 0 heterocycles. The first-order valence-corrected chi connectivity index (χ1v) is 16.3. The van der Waals surface area contributed by atoms with Gasteiger partial charge in [-0.15, -0.1) is 11.8 Å². The first kappa shape index (κ1) is 32.5. The van der Waals surface area contributed by atoms with Crippen molar-refractivity contribution in [3.63, 3.8) is 0 Å². The quantitative estimate of drug-likeness (QED) is 0.101. The Hall–Kier alpha value is -4.92. The number of halogens is 1. The lowest BCUT2D eigenvalue weighted by Crippen LogP contribution is -2.30. The Balaban J connectivity index is 1.39. The maximum atomic E-state index is 13.7. The van der Waals surface area contributed by atoms with Crippen LogP contribution in [0.4, 0.5) is 11.4 Å². The number of benzene rings is 5. The Kier molecular flexibility index (Phi) is 10.9. The van der Waals surface area contributed by atoms with Gasteiger partial charge in [0.2, 0.25) is 5.91 Å². The van der Waals surface area contributed by atoms with E-state index in [2.05, 4.69) is 31.9 Å². The second-order valence-corrected chi connectivity index (χ2v) is 12.7. The molecule has 0 aliphatic carbocycles. The highest BCUT2D eigenvalue weighted by atomic mass is 79.9. The normalized spacial score (nSPS) is 11.8. The molecule has 0 saturated carbocycles. The molecule has 1 unspecified atom stereocenters. The molecule has 0 aliphatic rings. The molecule has 230 valence electrons. The molecule has 0 spiro atoms. The number of nitrogens with one attached hydrogen (secondary N) is 3. The molecule has 0 aliphatic heterocycles. The second kappa shape index (κ2) is 15.4. The summed E-state index contributed by atoms with van der Waals surface area (Å²) in [5.41, 5.74) is 5.40. The van der Waals surface area contributed by atoms with Gasteiger partial charge in [0.25, 0.3) is 11.8 Å². The Morgan fingerprint density at radius 2 is 1.37 bits per heavy atom. The van der Waals surface area contributed by atoms with E-state index < -0.39 is 17.1 Å². The standard InChI is InChI=1S/C38H32BrN3O3S/c1-25-12-9-13-26(2)34(25)42-38(45)35(28-15-5-3-6-16-28)46-32-21-11-20-31(24-32)40-37(44)33(23-27-14-10-19-30(39)22-27)41-36(43)29-17-7-4-8-18-29/h3-24,35H,1-2H3,(H,40,44)(H,41,43)(H,42,45)/b33-23+. The van der Waals surface area contributed by atoms with Gasteiger partial charge in [-0.2, -0.15) is 0 Å². The first-order valence-electron chi connectivity index (χ1n) is 14.6. The summed E-state index contributed by atoms with van der Waals surface area (Å²) in [5, 5.41) is 8.28. The van der Waals surface area contributed by atoms with Gasteiger partial charge in [-0.3, -0.25) is 14.4 Å². The van der Waals surface area contributed by atoms with Gasteiger partial charge in [0, 0.05) is 26.3 Å². The molecule has 46 heavy (non-hydrogen) atoms. The highest BCUT2D eigenvalue weighted by molar-refractivity contribution is 9.10. The van der Waals surface area contributed by atoms with Crippen molar-refractivity contribution >= 4 is 62.9 Å². The number of hydrogen-bond acceptors (Lipinski definition) is 4. The summed E-state index contributed by atoms with van der Waals surface area (Å²) in [7, 11) is 0. The van der Waals surface area contributed by atoms with Crippen LogP contribution in [0.1, 0.15) is 37.9 Å². The third kappa shape index (κ3) is 8.62.